The van der Waals surface area contributed by atoms with Gasteiger partial charge in [-0.1, -0.05) is 64.8 Å². The van der Waals surface area contributed by atoms with Gasteiger partial charge < -0.3 is 24.6 Å². The van der Waals surface area contributed by atoms with Crippen molar-refractivity contribution in [1.82, 2.24) is 4.90 Å². The molecule has 3 atom stereocenters. The number of rotatable bonds is 11. The van der Waals surface area contributed by atoms with Crippen molar-refractivity contribution in [2.24, 2.45) is 5.92 Å². The normalized spacial score (nSPS) is 17.1. The zero-order valence-corrected chi connectivity index (χ0v) is 23.7. The molecule has 4 rings (SSSR count). The van der Waals surface area contributed by atoms with Crippen molar-refractivity contribution < 1.29 is 19.7 Å². The van der Waals surface area contributed by atoms with Gasteiger partial charge in [-0.15, -0.1) is 0 Å². The summed E-state index contributed by atoms with van der Waals surface area (Å²) in [5, 5.41) is 19.7. The Bertz CT molecular complexity index is 1100. The molecule has 1 heterocycles. The zero-order valence-electron chi connectivity index (χ0n) is 23.7. The van der Waals surface area contributed by atoms with E-state index in [2.05, 4.69) is 37.9 Å². The molecule has 1 aliphatic rings. The summed E-state index contributed by atoms with van der Waals surface area (Å²) in [7, 11) is 2.16. The second-order valence-corrected chi connectivity index (χ2v) is 10.1. The quantitative estimate of drug-likeness (QED) is 0.271. The Kier molecular flexibility index (Phi) is 11.3. The van der Waals surface area contributed by atoms with Crippen molar-refractivity contribution in [3.05, 3.63) is 83.4 Å². The maximum absolute atomic E-state index is 9.97. The average molecular weight is 520 g/mol. The predicted molar refractivity (Wildman–Crippen MR) is 155 cm³/mol. The third-order valence-corrected chi connectivity index (χ3v) is 7.16. The van der Waals surface area contributed by atoms with Gasteiger partial charge in [-0.05, 0) is 91.5 Å². The average Bonchev–Trinajstić information content (AvgIpc) is 2.93. The number of aromatic hydroxyl groups is 2. The van der Waals surface area contributed by atoms with Gasteiger partial charge in [0.15, 0.2) is 0 Å². The minimum absolute atomic E-state index is 0.0513. The molecule has 206 valence electrons. The molecule has 3 aromatic rings. The van der Waals surface area contributed by atoms with E-state index >= 15 is 0 Å². The Labute approximate surface area is 229 Å². The van der Waals surface area contributed by atoms with Crippen molar-refractivity contribution in [3.63, 3.8) is 0 Å². The highest BCUT2D eigenvalue weighted by atomic mass is 16.5. The Morgan fingerprint density at radius 1 is 0.895 bits per heavy atom. The molecule has 0 radical (unpaired) electrons. The number of hydrogen-bond donors (Lipinski definition) is 2. The molecule has 0 saturated carbocycles. The van der Waals surface area contributed by atoms with E-state index in [9.17, 15) is 10.2 Å². The number of phenols is 2. The summed E-state index contributed by atoms with van der Waals surface area (Å²) in [4.78, 5) is 2.34. The van der Waals surface area contributed by atoms with Gasteiger partial charge in [-0.3, -0.25) is 0 Å². The van der Waals surface area contributed by atoms with Crippen molar-refractivity contribution in [2.75, 3.05) is 26.7 Å². The van der Waals surface area contributed by atoms with E-state index < -0.39 is 0 Å². The first kappa shape index (κ1) is 29.4. The predicted octanol–water partition coefficient (Wildman–Crippen LogP) is 7.72. The monoisotopic (exact) mass is 519 g/mol. The standard InChI is InChI=1S/C31H39NO4.C2H6/c1-4-5-22(2)16-17-32(3)18-19-35-28-13-8-24(9-14-28)31-29(23-6-10-26(33)11-7-23)21-25-20-27(34)12-15-30(25)36-31;1-2/h6-15,20,22,29,31,33-34H,4-5,16-19,21H2,1-3H3;1-2H3. The van der Waals surface area contributed by atoms with Crippen LogP contribution in [0.2, 0.25) is 0 Å². The fourth-order valence-corrected chi connectivity index (χ4v) is 4.98. The van der Waals surface area contributed by atoms with Crippen molar-refractivity contribution in [1.29, 1.82) is 0 Å². The molecule has 0 fully saturated rings. The fourth-order valence-electron chi connectivity index (χ4n) is 4.98. The third-order valence-electron chi connectivity index (χ3n) is 7.16. The summed E-state index contributed by atoms with van der Waals surface area (Å²) in [6.07, 6.45) is 4.33. The summed E-state index contributed by atoms with van der Waals surface area (Å²) in [6.45, 7) is 11.2. The van der Waals surface area contributed by atoms with Gasteiger partial charge >= 0.3 is 0 Å². The Morgan fingerprint density at radius 2 is 1.55 bits per heavy atom. The van der Waals surface area contributed by atoms with Gasteiger partial charge in [0, 0.05) is 12.5 Å². The van der Waals surface area contributed by atoms with E-state index in [1.165, 1.54) is 19.3 Å². The summed E-state index contributed by atoms with van der Waals surface area (Å²) in [6, 6.07) is 20.8. The van der Waals surface area contributed by atoms with Gasteiger partial charge in [0.05, 0.1) is 0 Å². The number of likely N-dealkylation sites (N-methyl/N-ethyl adjacent to an activating group) is 1. The molecule has 0 saturated heterocycles. The largest absolute Gasteiger partial charge is 0.508 e. The Hall–Kier alpha value is -3.18. The first-order valence-corrected chi connectivity index (χ1v) is 14.1. The third kappa shape index (κ3) is 8.16. The van der Waals surface area contributed by atoms with Crippen LogP contribution in [-0.2, 0) is 6.42 Å². The summed E-state index contributed by atoms with van der Waals surface area (Å²) >= 11 is 0. The van der Waals surface area contributed by atoms with Crippen LogP contribution >= 0.6 is 0 Å². The van der Waals surface area contributed by atoms with Crippen LogP contribution < -0.4 is 9.47 Å². The highest BCUT2D eigenvalue weighted by Crippen LogP contribution is 2.45. The molecule has 5 heteroatoms. The first-order chi connectivity index (χ1) is 18.4. The molecular formula is C33H45NO4. The first-order valence-electron chi connectivity index (χ1n) is 14.1. The van der Waals surface area contributed by atoms with Gasteiger partial charge in [0.25, 0.3) is 0 Å². The van der Waals surface area contributed by atoms with E-state index in [0.717, 1.165) is 53.6 Å². The van der Waals surface area contributed by atoms with Crippen molar-refractivity contribution >= 4 is 0 Å². The van der Waals surface area contributed by atoms with Gasteiger partial charge in [-0.25, -0.2) is 0 Å². The second-order valence-electron chi connectivity index (χ2n) is 10.1. The Morgan fingerprint density at radius 3 is 2.24 bits per heavy atom. The van der Waals surface area contributed by atoms with Crippen LogP contribution in [-0.4, -0.2) is 41.9 Å². The SMILES string of the molecule is CC.CCCC(C)CCN(C)CCOc1ccc(C2Oc3ccc(O)cc3CC2c2ccc(O)cc2)cc1. The van der Waals surface area contributed by atoms with E-state index in [4.69, 9.17) is 9.47 Å². The van der Waals surface area contributed by atoms with Crippen LogP contribution in [0.5, 0.6) is 23.0 Å². The summed E-state index contributed by atoms with van der Waals surface area (Å²) < 4.78 is 12.5. The fraction of sp³-hybridized carbons (Fsp3) is 0.455. The lowest BCUT2D eigenvalue weighted by Crippen LogP contribution is -2.26. The minimum Gasteiger partial charge on any atom is -0.508 e. The molecule has 0 spiro atoms. The zero-order chi connectivity index (χ0) is 27.5. The lowest BCUT2D eigenvalue weighted by molar-refractivity contribution is 0.151. The Balaban J connectivity index is 0.00000195. The molecule has 3 aromatic carbocycles. The lowest BCUT2D eigenvalue weighted by Gasteiger charge is -2.34. The van der Waals surface area contributed by atoms with Crippen LogP contribution in [0, 0.1) is 5.92 Å². The van der Waals surface area contributed by atoms with Crippen LogP contribution in [0.4, 0.5) is 0 Å². The maximum Gasteiger partial charge on any atom is 0.131 e. The van der Waals surface area contributed by atoms with Crippen LogP contribution in [0.15, 0.2) is 66.7 Å². The van der Waals surface area contributed by atoms with Gasteiger partial charge in [0.1, 0.15) is 35.7 Å². The molecule has 3 unspecified atom stereocenters. The van der Waals surface area contributed by atoms with E-state index in [0.29, 0.717) is 6.61 Å². The number of benzene rings is 3. The highest BCUT2D eigenvalue weighted by Gasteiger charge is 2.32. The highest BCUT2D eigenvalue weighted by molar-refractivity contribution is 5.45. The van der Waals surface area contributed by atoms with Crippen LogP contribution in [0.1, 0.15) is 75.7 Å². The van der Waals surface area contributed by atoms with E-state index in [1.54, 1.807) is 24.3 Å². The molecule has 0 amide bonds. The van der Waals surface area contributed by atoms with Crippen molar-refractivity contribution in [2.45, 2.75) is 65.4 Å². The smallest absolute Gasteiger partial charge is 0.131 e. The molecule has 38 heavy (non-hydrogen) atoms. The summed E-state index contributed by atoms with van der Waals surface area (Å²) in [5.41, 5.74) is 3.14. The summed E-state index contributed by atoms with van der Waals surface area (Å²) in [5.74, 6) is 2.96. The second kappa shape index (κ2) is 14.7. The van der Waals surface area contributed by atoms with E-state index in [1.807, 2.05) is 44.2 Å². The molecular weight excluding hydrogens is 474 g/mol. The molecule has 0 bridgehead atoms. The number of phenolic OH excluding ortho intramolecular Hbond substituents is 2. The van der Waals surface area contributed by atoms with Gasteiger partial charge in [-0.2, -0.15) is 0 Å². The lowest BCUT2D eigenvalue weighted by atomic mass is 9.82. The topological polar surface area (TPSA) is 62.2 Å². The number of ether oxygens (including phenoxy) is 2. The molecule has 2 N–H and O–H groups in total. The van der Waals surface area contributed by atoms with Crippen molar-refractivity contribution in [3.8, 4) is 23.0 Å². The van der Waals surface area contributed by atoms with Crippen LogP contribution in [0.25, 0.3) is 0 Å². The van der Waals surface area contributed by atoms with E-state index in [-0.39, 0.29) is 23.5 Å². The maximum atomic E-state index is 9.97. The van der Waals surface area contributed by atoms with Crippen LogP contribution in [0.3, 0.4) is 0 Å². The minimum atomic E-state index is -0.183. The molecule has 5 nitrogen and oxygen atoms in total. The number of nitrogens with zero attached hydrogens (tertiary/aromatic N) is 1. The molecule has 0 aliphatic carbocycles. The molecule has 1 aliphatic heterocycles. The number of fused-ring (bicyclic) bond motifs is 1. The molecule has 0 aromatic heterocycles. The van der Waals surface area contributed by atoms with Gasteiger partial charge in [0.2, 0.25) is 0 Å². The number of hydrogen-bond acceptors (Lipinski definition) is 5.